The van der Waals surface area contributed by atoms with E-state index in [4.69, 9.17) is 9.47 Å². The standard InChI is InChI=1S/C22H24FNO3/c1-26-20-11-16(12-21(13-20)27-2)22(25)24-18-7-8-19(24)10-15(9-18)14-3-5-17(23)6-4-14/h3-6,11-13,15,18-19H,7-10H2,1-2H3. The Bertz CT molecular complexity index is 800. The summed E-state index contributed by atoms with van der Waals surface area (Å²) in [7, 11) is 3.17. The normalized spacial score (nSPS) is 24.0. The second-order valence-electron chi connectivity index (χ2n) is 7.42. The predicted molar refractivity (Wildman–Crippen MR) is 101 cm³/mol. The number of rotatable bonds is 4. The van der Waals surface area contributed by atoms with Gasteiger partial charge >= 0.3 is 0 Å². The van der Waals surface area contributed by atoms with E-state index < -0.39 is 0 Å². The van der Waals surface area contributed by atoms with Gasteiger partial charge in [0.2, 0.25) is 0 Å². The highest BCUT2D eigenvalue weighted by atomic mass is 19.1. The van der Waals surface area contributed by atoms with Crippen molar-refractivity contribution in [3.8, 4) is 11.5 Å². The quantitative estimate of drug-likeness (QED) is 0.802. The van der Waals surface area contributed by atoms with Crippen molar-refractivity contribution in [2.45, 2.75) is 43.7 Å². The number of methoxy groups -OCH3 is 2. The Morgan fingerprint density at radius 3 is 2.04 bits per heavy atom. The van der Waals surface area contributed by atoms with Gasteiger partial charge in [-0.2, -0.15) is 0 Å². The fourth-order valence-electron chi connectivity index (χ4n) is 4.60. The van der Waals surface area contributed by atoms with E-state index in [-0.39, 0.29) is 23.8 Å². The Morgan fingerprint density at radius 2 is 1.52 bits per heavy atom. The van der Waals surface area contributed by atoms with Gasteiger partial charge in [0.15, 0.2) is 0 Å². The molecule has 27 heavy (non-hydrogen) atoms. The van der Waals surface area contributed by atoms with Crippen LogP contribution in [0.3, 0.4) is 0 Å². The Labute approximate surface area is 158 Å². The number of amides is 1. The Balaban J connectivity index is 1.56. The highest BCUT2D eigenvalue weighted by Crippen LogP contribution is 2.44. The fourth-order valence-corrected chi connectivity index (χ4v) is 4.60. The number of hydrogen-bond acceptors (Lipinski definition) is 3. The van der Waals surface area contributed by atoms with Crippen LogP contribution >= 0.6 is 0 Å². The maximum Gasteiger partial charge on any atom is 0.254 e. The molecular formula is C22H24FNO3. The van der Waals surface area contributed by atoms with E-state index in [1.54, 1.807) is 32.4 Å². The molecule has 1 amide bonds. The number of piperidine rings is 1. The van der Waals surface area contributed by atoms with Crippen molar-refractivity contribution >= 4 is 5.91 Å². The molecule has 4 nitrogen and oxygen atoms in total. The van der Waals surface area contributed by atoms with Gasteiger partial charge in [-0.3, -0.25) is 4.79 Å². The number of ether oxygens (including phenoxy) is 2. The van der Waals surface area contributed by atoms with Crippen molar-refractivity contribution in [3.63, 3.8) is 0 Å². The molecule has 2 unspecified atom stereocenters. The third kappa shape index (κ3) is 3.38. The van der Waals surface area contributed by atoms with Crippen molar-refractivity contribution in [1.82, 2.24) is 4.90 Å². The maximum absolute atomic E-state index is 13.2. The molecular weight excluding hydrogens is 345 g/mol. The summed E-state index contributed by atoms with van der Waals surface area (Å²) in [5, 5.41) is 0. The summed E-state index contributed by atoms with van der Waals surface area (Å²) in [4.78, 5) is 15.3. The molecule has 2 aromatic rings. The second-order valence-corrected chi connectivity index (χ2v) is 7.42. The lowest BCUT2D eigenvalue weighted by Crippen LogP contribution is -2.46. The molecule has 142 valence electrons. The van der Waals surface area contributed by atoms with Crippen LogP contribution in [-0.4, -0.2) is 37.1 Å². The van der Waals surface area contributed by atoms with Crippen LogP contribution in [0.25, 0.3) is 0 Å². The summed E-state index contributed by atoms with van der Waals surface area (Å²) in [6.07, 6.45) is 3.90. The van der Waals surface area contributed by atoms with Crippen LogP contribution in [0.4, 0.5) is 4.39 Å². The van der Waals surface area contributed by atoms with E-state index in [0.29, 0.717) is 23.0 Å². The van der Waals surface area contributed by atoms with E-state index in [9.17, 15) is 9.18 Å². The second kappa shape index (κ2) is 7.22. The number of carbonyl (C=O) groups is 1. The summed E-state index contributed by atoms with van der Waals surface area (Å²) >= 11 is 0. The van der Waals surface area contributed by atoms with Gasteiger partial charge in [-0.1, -0.05) is 12.1 Å². The van der Waals surface area contributed by atoms with Crippen molar-refractivity contribution < 1.29 is 18.7 Å². The van der Waals surface area contributed by atoms with Gasteiger partial charge in [-0.25, -0.2) is 4.39 Å². The lowest BCUT2D eigenvalue weighted by molar-refractivity contribution is 0.0570. The van der Waals surface area contributed by atoms with Crippen LogP contribution in [0.2, 0.25) is 0 Å². The molecule has 0 aromatic heterocycles. The lowest BCUT2D eigenvalue weighted by atomic mass is 9.85. The van der Waals surface area contributed by atoms with Crippen LogP contribution in [0.15, 0.2) is 42.5 Å². The van der Waals surface area contributed by atoms with Crippen molar-refractivity contribution in [1.29, 1.82) is 0 Å². The number of fused-ring (bicyclic) bond motifs is 2. The summed E-state index contributed by atoms with van der Waals surface area (Å²) in [6.45, 7) is 0. The first kappa shape index (κ1) is 17.8. The molecule has 2 aromatic carbocycles. The first-order valence-corrected chi connectivity index (χ1v) is 9.40. The van der Waals surface area contributed by atoms with E-state index in [1.807, 2.05) is 17.0 Å². The van der Waals surface area contributed by atoms with Crippen molar-refractivity contribution in [2.24, 2.45) is 0 Å². The molecule has 2 saturated heterocycles. The smallest absolute Gasteiger partial charge is 0.254 e. The zero-order valence-electron chi connectivity index (χ0n) is 15.7. The van der Waals surface area contributed by atoms with Gasteiger partial charge < -0.3 is 14.4 Å². The predicted octanol–water partition coefficient (Wildman–Crippen LogP) is 4.39. The van der Waals surface area contributed by atoms with Crippen molar-refractivity contribution in [3.05, 3.63) is 59.4 Å². The topological polar surface area (TPSA) is 38.8 Å². The summed E-state index contributed by atoms with van der Waals surface area (Å²) < 4.78 is 23.8. The van der Waals surface area contributed by atoms with Crippen molar-refractivity contribution in [2.75, 3.05) is 14.2 Å². The molecule has 0 spiro atoms. The summed E-state index contributed by atoms with van der Waals surface area (Å²) in [5.74, 6) is 1.45. The molecule has 0 radical (unpaired) electrons. The average molecular weight is 369 g/mol. The van der Waals surface area contributed by atoms with Crippen LogP contribution in [0.1, 0.15) is 47.5 Å². The van der Waals surface area contributed by atoms with Crippen LogP contribution in [0, 0.1) is 5.82 Å². The SMILES string of the molecule is COc1cc(OC)cc(C(=O)N2C3CCC2CC(c2ccc(F)cc2)C3)c1. The maximum atomic E-state index is 13.2. The minimum atomic E-state index is -0.207. The van der Waals surface area contributed by atoms with Gasteiger partial charge in [-0.05, 0) is 61.4 Å². The molecule has 4 rings (SSSR count). The highest BCUT2D eigenvalue weighted by molar-refractivity contribution is 5.95. The molecule has 0 N–H and O–H groups in total. The molecule has 2 atom stereocenters. The Morgan fingerprint density at radius 1 is 0.963 bits per heavy atom. The number of nitrogens with zero attached hydrogens (tertiary/aromatic N) is 1. The van der Waals surface area contributed by atoms with Gasteiger partial charge in [-0.15, -0.1) is 0 Å². The molecule has 2 aliphatic heterocycles. The largest absolute Gasteiger partial charge is 0.497 e. The van der Waals surface area contributed by atoms with E-state index in [0.717, 1.165) is 25.7 Å². The monoisotopic (exact) mass is 369 g/mol. The van der Waals surface area contributed by atoms with Crippen LogP contribution in [-0.2, 0) is 0 Å². The van der Waals surface area contributed by atoms with E-state index >= 15 is 0 Å². The summed E-state index contributed by atoms with van der Waals surface area (Å²) in [6, 6.07) is 12.6. The molecule has 0 saturated carbocycles. The van der Waals surface area contributed by atoms with Gasteiger partial charge in [0.05, 0.1) is 14.2 Å². The zero-order valence-corrected chi connectivity index (χ0v) is 15.7. The van der Waals surface area contributed by atoms with Gasteiger partial charge in [0.1, 0.15) is 17.3 Å². The molecule has 2 bridgehead atoms. The minimum Gasteiger partial charge on any atom is -0.497 e. The average Bonchev–Trinajstić information content (AvgIpc) is 2.96. The zero-order chi connectivity index (χ0) is 19.0. The van der Waals surface area contributed by atoms with Crippen LogP contribution in [0.5, 0.6) is 11.5 Å². The first-order chi connectivity index (χ1) is 13.1. The fraction of sp³-hybridized carbons (Fsp3) is 0.409. The molecule has 2 fully saturated rings. The third-order valence-corrected chi connectivity index (χ3v) is 5.91. The van der Waals surface area contributed by atoms with E-state index in [2.05, 4.69) is 0 Å². The van der Waals surface area contributed by atoms with Gasteiger partial charge in [0, 0.05) is 23.7 Å². The third-order valence-electron chi connectivity index (χ3n) is 5.91. The summed E-state index contributed by atoms with van der Waals surface area (Å²) in [5.41, 5.74) is 1.77. The number of hydrogen-bond donors (Lipinski definition) is 0. The Kier molecular flexibility index (Phi) is 4.77. The number of halogens is 1. The molecule has 2 aliphatic rings. The molecule has 5 heteroatoms. The van der Waals surface area contributed by atoms with Gasteiger partial charge in [0.25, 0.3) is 5.91 Å². The highest BCUT2D eigenvalue weighted by Gasteiger charge is 2.43. The first-order valence-electron chi connectivity index (χ1n) is 9.40. The minimum absolute atomic E-state index is 0.0391. The molecule has 2 heterocycles. The Hall–Kier alpha value is -2.56. The number of carbonyl (C=O) groups excluding carboxylic acids is 1. The molecule has 0 aliphatic carbocycles. The number of benzene rings is 2. The van der Waals surface area contributed by atoms with E-state index in [1.165, 1.54) is 17.7 Å². The van der Waals surface area contributed by atoms with Crippen LogP contribution < -0.4 is 9.47 Å². The lowest BCUT2D eigenvalue weighted by Gasteiger charge is -2.39.